The molecule has 3 N–H and O–H groups in total. The van der Waals surface area contributed by atoms with Crippen molar-refractivity contribution >= 4 is 6.03 Å². The first-order valence-corrected chi connectivity index (χ1v) is 9.05. The highest BCUT2D eigenvalue weighted by Gasteiger charge is 2.17. The van der Waals surface area contributed by atoms with Crippen molar-refractivity contribution in [2.24, 2.45) is 0 Å². The predicted molar refractivity (Wildman–Crippen MR) is 103 cm³/mol. The lowest BCUT2D eigenvalue weighted by Crippen LogP contribution is -2.42. The molecule has 0 aromatic heterocycles. The molecule has 2 rings (SSSR count). The van der Waals surface area contributed by atoms with Crippen molar-refractivity contribution in [2.75, 3.05) is 19.6 Å². The lowest BCUT2D eigenvalue weighted by Gasteiger charge is -2.24. The van der Waals surface area contributed by atoms with Gasteiger partial charge in [-0.3, -0.25) is 0 Å². The number of aliphatic hydroxyl groups excluding tert-OH is 1. The number of phenolic OH excluding ortho intramolecular Hbond substituents is 1. The molecule has 0 heterocycles. The van der Waals surface area contributed by atoms with E-state index in [1.165, 1.54) is 17.2 Å². The molecule has 0 fully saturated rings. The third kappa shape index (κ3) is 6.08. The maximum atomic E-state index is 12.3. The number of hydrogen-bond acceptors (Lipinski definition) is 3. The molecule has 5 nitrogen and oxygen atoms in total. The summed E-state index contributed by atoms with van der Waals surface area (Å²) in [5.74, 6) is 0.102. The molecule has 0 saturated heterocycles. The van der Waals surface area contributed by atoms with Crippen LogP contribution in [0.5, 0.6) is 5.75 Å². The molecule has 0 aliphatic heterocycles. The number of phenols is 1. The van der Waals surface area contributed by atoms with Gasteiger partial charge in [-0.1, -0.05) is 42.0 Å². The number of urea groups is 1. The number of carbonyl (C=O) groups is 1. The van der Waals surface area contributed by atoms with Crippen LogP contribution < -0.4 is 5.32 Å². The van der Waals surface area contributed by atoms with Gasteiger partial charge in [-0.2, -0.15) is 0 Å². The Morgan fingerprint density at radius 2 is 1.96 bits per heavy atom. The lowest BCUT2D eigenvalue weighted by atomic mass is 10.1. The van der Waals surface area contributed by atoms with Gasteiger partial charge in [0.25, 0.3) is 0 Å². The molecular formula is C21H28N2O3. The molecule has 26 heavy (non-hydrogen) atoms. The molecule has 5 heteroatoms. The van der Waals surface area contributed by atoms with Crippen molar-refractivity contribution in [3.05, 3.63) is 65.2 Å². The summed E-state index contributed by atoms with van der Waals surface area (Å²) in [7, 11) is 0. The van der Waals surface area contributed by atoms with Crippen LogP contribution in [-0.2, 0) is 6.42 Å². The summed E-state index contributed by atoms with van der Waals surface area (Å²) in [5.41, 5.74) is 3.10. The average molecular weight is 356 g/mol. The first-order valence-electron chi connectivity index (χ1n) is 9.05. The Morgan fingerprint density at radius 3 is 2.65 bits per heavy atom. The average Bonchev–Trinajstić information content (AvgIpc) is 2.63. The van der Waals surface area contributed by atoms with Crippen molar-refractivity contribution in [1.82, 2.24) is 10.2 Å². The van der Waals surface area contributed by atoms with Crippen LogP contribution in [0, 0.1) is 6.92 Å². The van der Waals surface area contributed by atoms with Gasteiger partial charge < -0.3 is 20.4 Å². The van der Waals surface area contributed by atoms with E-state index < -0.39 is 6.10 Å². The number of rotatable bonds is 8. The number of likely N-dealkylation sites (N-methyl/N-ethyl adjacent to an activating group) is 1. The summed E-state index contributed by atoms with van der Waals surface area (Å²) >= 11 is 0. The molecule has 0 aliphatic rings. The molecule has 0 unspecified atom stereocenters. The topological polar surface area (TPSA) is 72.8 Å². The van der Waals surface area contributed by atoms with E-state index >= 15 is 0 Å². The Kier molecular flexibility index (Phi) is 7.48. The number of benzene rings is 2. The van der Waals surface area contributed by atoms with Gasteiger partial charge in [0.05, 0.1) is 12.6 Å². The van der Waals surface area contributed by atoms with E-state index in [2.05, 4.69) is 30.4 Å². The normalized spacial score (nSPS) is 11.8. The second-order valence-corrected chi connectivity index (χ2v) is 6.47. The molecule has 2 aromatic carbocycles. The fourth-order valence-electron chi connectivity index (χ4n) is 2.87. The lowest BCUT2D eigenvalue weighted by molar-refractivity contribution is 0.123. The second-order valence-electron chi connectivity index (χ2n) is 6.47. The largest absolute Gasteiger partial charge is 0.508 e. The van der Waals surface area contributed by atoms with Crippen LogP contribution in [0.1, 0.15) is 36.1 Å². The molecule has 0 saturated carbocycles. The number of nitrogens with one attached hydrogen (secondary N) is 1. The highest BCUT2D eigenvalue weighted by Crippen LogP contribution is 2.19. The summed E-state index contributed by atoms with van der Waals surface area (Å²) in [5, 5.41) is 22.7. The van der Waals surface area contributed by atoms with E-state index in [1.807, 2.05) is 13.0 Å². The van der Waals surface area contributed by atoms with E-state index in [0.717, 1.165) is 12.8 Å². The van der Waals surface area contributed by atoms with Gasteiger partial charge in [-0.25, -0.2) is 4.79 Å². The number of nitrogens with zero attached hydrogens (tertiary/aromatic N) is 1. The number of aryl methyl sites for hydroxylation is 2. The minimum Gasteiger partial charge on any atom is -0.508 e. The number of aromatic hydroxyl groups is 1. The fourth-order valence-corrected chi connectivity index (χ4v) is 2.87. The number of carbonyl (C=O) groups excluding carboxylic acids is 1. The van der Waals surface area contributed by atoms with Crippen LogP contribution in [0.25, 0.3) is 0 Å². The maximum absolute atomic E-state index is 12.3. The highest BCUT2D eigenvalue weighted by atomic mass is 16.3. The quantitative estimate of drug-likeness (QED) is 0.635. The van der Waals surface area contributed by atoms with Gasteiger partial charge in [-0.15, -0.1) is 0 Å². The third-order valence-electron chi connectivity index (χ3n) is 4.32. The van der Waals surface area contributed by atoms with Gasteiger partial charge in [-0.05, 0) is 49.9 Å². The Hall–Kier alpha value is -2.53. The van der Waals surface area contributed by atoms with E-state index in [4.69, 9.17) is 0 Å². The van der Waals surface area contributed by atoms with Crippen LogP contribution in [0.2, 0.25) is 0 Å². The fraction of sp³-hybridized carbons (Fsp3) is 0.381. The summed E-state index contributed by atoms with van der Waals surface area (Å²) < 4.78 is 0. The first kappa shape index (κ1) is 19.8. The van der Waals surface area contributed by atoms with E-state index in [0.29, 0.717) is 18.7 Å². The summed E-state index contributed by atoms with van der Waals surface area (Å²) in [4.78, 5) is 13.9. The van der Waals surface area contributed by atoms with Gasteiger partial charge in [0, 0.05) is 13.1 Å². The van der Waals surface area contributed by atoms with Crippen LogP contribution in [-0.4, -0.2) is 40.8 Å². The van der Waals surface area contributed by atoms with Crippen LogP contribution in [0.15, 0.2) is 48.5 Å². The molecule has 0 spiro atoms. The maximum Gasteiger partial charge on any atom is 0.317 e. The Balaban J connectivity index is 1.78. The minimum absolute atomic E-state index is 0.102. The van der Waals surface area contributed by atoms with Crippen molar-refractivity contribution < 1.29 is 15.0 Å². The van der Waals surface area contributed by atoms with Crippen molar-refractivity contribution in [2.45, 2.75) is 32.8 Å². The smallest absolute Gasteiger partial charge is 0.317 e. The molecular weight excluding hydrogens is 328 g/mol. The number of hydrogen-bond donors (Lipinski definition) is 3. The monoisotopic (exact) mass is 356 g/mol. The molecule has 0 bridgehead atoms. The first-order chi connectivity index (χ1) is 12.5. The molecule has 2 amide bonds. The zero-order valence-electron chi connectivity index (χ0n) is 15.5. The van der Waals surface area contributed by atoms with Crippen LogP contribution in [0.3, 0.4) is 0 Å². The molecule has 1 atom stereocenters. The standard InChI is InChI=1S/C21H28N2O3/c1-3-23(15-20(25)18-10-5-11-19(24)14-18)21(26)22-12-6-9-17-8-4-7-16(2)13-17/h4-5,7-8,10-11,13-14,20,24-25H,3,6,9,12,15H2,1-2H3,(H,22,26)/t20-/m1/s1. The predicted octanol–water partition coefficient (Wildman–Crippen LogP) is 3.40. The zero-order valence-corrected chi connectivity index (χ0v) is 15.5. The Morgan fingerprint density at radius 1 is 1.19 bits per heavy atom. The van der Waals surface area contributed by atoms with Gasteiger partial charge in [0.15, 0.2) is 0 Å². The van der Waals surface area contributed by atoms with E-state index in [9.17, 15) is 15.0 Å². The SMILES string of the molecule is CCN(C[C@@H](O)c1cccc(O)c1)C(=O)NCCCc1cccc(C)c1. The molecule has 140 valence electrons. The summed E-state index contributed by atoms with van der Waals surface area (Å²) in [6.45, 7) is 5.22. The van der Waals surface area contributed by atoms with Gasteiger partial charge in [0.1, 0.15) is 5.75 Å². The van der Waals surface area contributed by atoms with E-state index in [1.54, 1.807) is 23.1 Å². The number of amides is 2. The molecule has 2 aromatic rings. The zero-order chi connectivity index (χ0) is 18.9. The summed E-state index contributed by atoms with van der Waals surface area (Å²) in [6, 6.07) is 14.7. The van der Waals surface area contributed by atoms with Crippen molar-refractivity contribution in [3.63, 3.8) is 0 Å². The van der Waals surface area contributed by atoms with Crippen LogP contribution in [0.4, 0.5) is 4.79 Å². The minimum atomic E-state index is -0.833. The van der Waals surface area contributed by atoms with E-state index in [-0.39, 0.29) is 18.3 Å². The second kappa shape index (κ2) is 9.82. The molecule has 0 aliphatic carbocycles. The Bertz CT molecular complexity index is 718. The molecule has 0 radical (unpaired) electrons. The highest BCUT2D eigenvalue weighted by molar-refractivity contribution is 5.74. The van der Waals surface area contributed by atoms with Gasteiger partial charge in [0.2, 0.25) is 0 Å². The van der Waals surface area contributed by atoms with Gasteiger partial charge >= 0.3 is 6.03 Å². The Labute approximate surface area is 155 Å². The van der Waals surface area contributed by atoms with Crippen LogP contribution >= 0.6 is 0 Å². The summed E-state index contributed by atoms with van der Waals surface area (Å²) in [6.07, 6.45) is 0.946. The third-order valence-corrected chi connectivity index (χ3v) is 4.32. The number of aliphatic hydroxyl groups is 1. The van der Waals surface area contributed by atoms with Crippen molar-refractivity contribution in [1.29, 1.82) is 0 Å². The van der Waals surface area contributed by atoms with Crippen molar-refractivity contribution in [3.8, 4) is 5.75 Å².